The molecule has 0 aromatic carbocycles. The third-order valence-corrected chi connectivity index (χ3v) is 4.57. The summed E-state index contributed by atoms with van der Waals surface area (Å²) in [4.78, 5) is 0. The summed E-state index contributed by atoms with van der Waals surface area (Å²) in [6.45, 7) is 1.46. The lowest BCUT2D eigenvalue weighted by Gasteiger charge is -2.22. The van der Waals surface area contributed by atoms with Gasteiger partial charge in [-0.25, -0.2) is 0 Å². The standard InChI is InChI=1S/C10H21NOS2/c12-5-2-7-13-8-4-11-10-3-1-6-14-9-10/h10-12H,1-9H2. The minimum absolute atomic E-state index is 0.333. The maximum atomic E-state index is 8.59. The zero-order valence-electron chi connectivity index (χ0n) is 8.71. The molecular formula is C10H21NOS2. The van der Waals surface area contributed by atoms with Gasteiger partial charge in [0.1, 0.15) is 0 Å². The number of hydrogen-bond acceptors (Lipinski definition) is 4. The maximum Gasteiger partial charge on any atom is 0.0438 e. The van der Waals surface area contributed by atoms with Crippen molar-refractivity contribution in [3.8, 4) is 0 Å². The van der Waals surface area contributed by atoms with Crippen molar-refractivity contribution in [2.24, 2.45) is 0 Å². The van der Waals surface area contributed by atoms with Crippen LogP contribution in [0.5, 0.6) is 0 Å². The summed E-state index contributed by atoms with van der Waals surface area (Å²) >= 11 is 4.01. The van der Waals surface area contributed by atoms with Crippen LogP contribution < -0.4 is 5.32 Å². The fraction of sp³-hybridized carbons (Fsp3) is 1.00. The smallest absolute Gasteiger partial charge is 0.0438 e. The second-order valence-electron chi connectivity index (χ2n) is 3.56. The molecule has 1 aliphatic rings. The molecule has 0 amide bonds. The third kappa shape index (κ3) is 6.17. The topological polar surface area (TPSA) is 32.3 Å². The lowest BCUT2D eigenvalue weighted by Crippen LogP contribution is -2.35. The molecule has 0 radical (unpaired) electrons. The Labute approximate surface area is 95.6 Å². The highest BCUT2D eigenvalue weighted by Crippen LogP contribution is 2.16. The normalized spacial score (nSPS) is 22.5. The number of aliphatic hydroxyl groups excluding tert-OH is 1. The minimum Gasteiger partial charge on any atom is -0.396 e. The van der Waals surface area contributed by atoms with E-state index in [1.165, 1.54) is 30.1 Å². The van der Waals surface area contributed by atoms with Gasteiger partial charge in [-0.2, -0.15) is 23.5 Å². The highest BCUT2D eigenvalue weighted by atomic mass is 32.2. The van der Waals surface area contributed by atoms with Crippen LogP contribution in [-0.4, -0.2) is 47.3 Å². The fourth-order valence-electron chi connectivity index (χ4n) is 1.51. The lowest BCUT2D eigenvalue weighted by atomic mass is 10.2. The summed E-state index contributed by atoms with van der Waals surface area (Å²) in [6.07, 6.45) is 3.66. The Morgan fingerprint density at radius 3 is 3.07 bits per heavy atom. The van der Waals surface area contributed by atoms with Gasteiger partial charge >= 0.3 is 0 Å². The van der Waals surface area contributed by atoms with Gasteiger partial charge in [-0.3, -0.25) is 0 Å². The summed E-state index contributed by atoms with van der Waals surface area (Å²) in [5, 5.41) is 12.2. The van der Waals surface area contributed by atoms with Gasteiger partial charge in [0.05, 0.1) is 0 Å². The number of hydrogen-bond donors (Lipinski definition) is 2. The zero-order valence-corrected chi connectivity index (χ0v) is 10.3. The second-order valence-corrected chi connectivity index (χ2v) is 5.93. The van der Waals surface area contributed by atoms with Gasteiger partial charge in [-0.15, -0.1) is 0 Å². The van der Waals surface area contributed by atoms with Crippen LogP contribution in [0.15, 0.2) is 0 Å². The van der Waals surface area contributed by atoms with Gasteiger partial charge < -0.3 is 10.4 Å². The van der Waals surface area contributed by atoms with E-state index in [9.17, 15) is 0 Å². The van der Waals surface area contributed by atoms with Gasteiger partial charge in [-0.05, 0) is 30.8 Å². The predicted molar refractivity (Wildman–Crippen MR) is 67.4 cm³/mol. The molecule has 0 saturated carbocycles. The van der Waals surface area contributed by atoms with E-state index in [2.05, 4.69) is 17.1 Å². The lowest BCUT2D eigenvalue weighted by molar-refractivity contribution is 0.296. The summed E-state index contributed by atoms with van der Waals surface area (Å²) in [5.41, 5.74) is 0. The molecule has 1 saturated heterocycles. The summed E-state index contributed by atoms with van der Waals surface area (Å²) < 4.78 is 0. The Hall–Kier alpha value is 0.620. The van der Waals surface area contributed by atoms with Crippen LogP contribution in [0.25, 0.3) is 0 Å². The van der Waals surface area contributed by atoms with Crippen molar-refractivity contribution in [3.63, 3.8) is 0 Å². The molecule has 2 N–H and O–H groups in total. The molecule has 0 spiro atoms. The van der Waals surface area contributed by atoms with Gasteiger partial charge in [-0.1, -0.05) is 0 Å². The molecule has 0 bridgehead atoms. The fourth-order valence-corrected chi connectivity index (χ4v) is 3.41. The second kappa shape index (κ2) is 8.89. The quantitative estimate of drug-likeness (QED) is 0.656. The zero-order chi connectivity index (χ0) is 10.1. The van der Waals surface area contributed by atoms with Crippen molar-refractivity contribution >= 4 is 23.5 Å². The number of nitrogens with one attached hydrogen (secondary N) is 1. The van der Waals surface area contributed by atoms with Crippen LogP contribution in [0.1, 0.15) is 19.3 Å². The molecule has 0 aromatic heterocycles. The van der Waals surface area contributed by atoms with Crippen LogP contribution in [-0.2, 0) is 0 Å². The summed E-state index contributed by atoms with van der Waals surface area (Å²) in [7, 11) is 0. The molecule has 1 unspecified atom stereocenters. The van der Waals surface area contributed by atoms with Gasteiger partial charge in [0.25, 0.3) is 0 Å². The highest BCUT2D eigenvalue weighted by molar-refractivity contribution is 7.99. The first-order valence-electron chi connectivity index (χ1n) is 5.43. The first kappa shape index (κ1) is 12.7. The molecule has 0 aliphatic carbocycles. The molecule has 14 heavy (non-hydrogen) atoms. The van der Waals surface area contributed by atoms with E-state index in [1.807, 2.05) is 11.8 Å². The molecule has 1 rings (SSSR count). The Morgan fingerprint density at radius 2 is 2.36 bits per heavy atom. The van der Waals surface area contributed by atoms with Crippen molar-refractivity contribution in [1.29, 1.82) is 0 Å². The molecule has 84 valence electrons. The van der Waals surface area contributed by atoms with Crippen molar-refractivity contribution in [3.05, 3.63) is 0 Å². The van der Waals surface area contributed by atoms with E-state index in [0.717, 1.165) is 24.8 Å². The van der Waals surface area contributed by atoms with E-state index in [0.29, 0.717) is 6.61 Å². The van der Waals surface area contributed by atoms with E-state index < -0.39 is 0 Å². The van der Waals surface area contributed by atoms with Crippen molar-refractivity contribution in [2.45, 2.75) is 25.3 Å². The average Bonchev–Trinajstić information content (AvgIpc) is 2.25. The monoisotopic (exact) mass is 235 g/mol. The number of rotatable bonds is 7. The van der Waals surface area contributed by atoms with E-state index in [1.54, 1.807) is 0 Å². The molecule has 1 atom stereocenters. The summed E-state index contributed by atoms with van der Waals surface area (Å²) in [5.74, 6) is 4.92. The van der Waals surface area contributed by atoms with Crippen LogP contribution in [0.3, 0.4) is 0 Å². The number of thioether (sulfide) groups is 2. The van der Waals surface area contributed by atoms with E-state index >= 15 is 0 Å². The van der Waals surface area contributed by atoms with Crippen molar-refractivity contribution < 1.29 is 5.11 Å². The Balaban J connectivity index is 1.82. The van der Waals surface area contributed by atoms with Crippen LogP contribution in [0.2, 0.25) is 0 Å². The van der Waals surface area contributed by atoms with Gasteiger partial charge in [0, 0.05) is 30.7 Å². The maximum absolute atomic E-state index is 8.59. The minimum atomic E-state index is 0.333. The average molecular weight is 235 g/mol. The Morgan fingerprint density at radius 1 is 1.43 bits per heavy atom. The molecule has 1 heterocycles. The SMILES string of the molecule is OCCCSCCNC1CCCSC1. The van der Waals surface area contributed by atoms with E-state index in [-0.39, 0.29) is 0 Å². The van der Waals surface area contributed by atoms with E-state index in [4.69, 9.17) is 5.11 Å². The third-order valence-electron chi connectivity index (χ3n) is 2.29. The summed E-state index contributed by atoms with van der Waals surface area (Å²) in [6, 6.07) is 0.757. The van der Waals surface area contributed by atoms with Crippen LogP contribution in [0.4, 0.5) is 0 Å². The van der Waals surface area contributed by atoms with Gasteiger partial charge in [0.2, 0.25) is 0 Å². The van der Waals surface area contributed by atoms with Crippen LogP contribution in [0, 0.1) is 0 Å². The Bertz CT molecular complexity index is 129. The largest absolute Gasteiger partial charge is 0.396 e. The first-order valence-corrected chi connectivity index (χ1v) is 7.74. The molecular weight excluding hydrogens is 214 g/mol. The molecule has 0 aromatic rings. The molecule has 4 heteroatoms. The first-order chi connectivity index (χ1) is 6.93. The molecule has 2 nitrogen and oxygen atoms in total. The highest BCUT2D eigenvalue weighted by Gasteiger charge is 2.11. The molecule has 1 aliphatic heterocycles. The molecule has 1 fully saturated rings. The number of aliphatic hydroxyl groups is 1. The van der Waals surface area contributed by atoms with Crippen LogP contribution >= 0.6 is 23.5 Å². The van der Waals surface area contributed by atoms with Crippen molar-refractivity contribution in [2.75, 3.05) is 36.2 Å². The predicted octanol–water partition coefficient (Wildman–Crippen LogP) is 1.59. The van der Waals surface area contributed by atoms with Gasteiger partial charge in [0.15, 0.2) is 0 Å². The van der Waals surface area contributed by atoms with Crippen molar-refractivity contribution in [1.82, 2.24) is 5.32 Å². The Kier molecular flexibility index (Phi) is 8.06.